The van der Waals surface area contributed by atoms with Crippen LogP contribution in [0, 0.1) is 0 Å². The molecular formula is C15H16N6O2. The molecule has 1 aromatic carbocycles. The van der Waals surface area contributed by atoms with Gasteiger partial charge in [-0.25, -0.2) is 9.67 Å². The van der Waals surface area contributed by atoms with E-state index < -0.39 is 0 Å². The third-order valence-electron chi connectivity index (χ3n) is 3.44. The van der Waals surface area contributed by atoms with Crippen molar-refractivity contribution in [1.29, 1.82) is 0 Å². The van der Waals surface area contributed by atoms with E-state index in [2.05, 4.69) is 20.6 Å². The van der Waals surface area contributed by atoms with Crippen LogP contribution in [-0.2, 0) is 24.4 Å². The number of fused-ring (bicyclic) bond motifs is 1. The number of aromatic nitrogens is 5. The predicted octanol–water partition coefficient (Wildman–Crippen LogP) is 0.324. The molecule has 3 aromatic rings. The fraction of sp³-hybridized carbons (Fsp3) is 0.267. The van der Waals surface area contributed by atoms with E-state index in [-0.39, 0.29) is 23.5 Å². The maximum atomic E-state index is 12.3. The maximum Gasteiger partial charge on any atom is 0.283 e. The molecule has 0 unspecified atom stereocenters. The molecule has 2 heterocycles. The summed E-state index contributed by atoms with van der Waals surface area (Å²) in [7, 11) is 0. The Balaban J connectivity index is 1.72. The van der Waals surface area contributed by atoms with Gasteiger partial charge in [-0.05, 0) is 12.5 Å². The molecule has 0 radical (unpaired) electrons. The molecule has 1 amide bonds. The minimum Gasteiger partial charge on any atom is -0.350 e. The monoisotopic (exact) mass is 312 g/mol. The number of amides is 1. The Hall–Kier alpha value is -3.03. The summed E-state index contributed by atoms with van der Waals surface area (Å²) < 4.78 is 2.77. The second-order valence-electron chi connectivity index (χ2n) is 5.02. The molecule has 0 spiro atoms. The van der Waals surface area contributed by atoms with Crippen molar-refractivity contribution in [1.82, 2.24) is 29.9 Å². The van der Waals surface area contributed by atoms with Crippen molar-refractivity contribution >= 4 is 17.1 Å². The topological polar surface area (TPSA) is 94.7 Å². The van der Waals surface area contributed by atoms with Crippen molar-refractivity contribution < 1.29 is 4.79 Å². The zero-order chi connectivity index (χ0) is 16.2. The number of rotatable bonds is 5. The summed E-state index contributed by atoms with van der Waals surface area (Å²) in [5.41, 5.74) is 1.22. The van der Waals surface area contributed by atoms with Crippen LogP contribution < -0.4 is 10.9 Å². The standard InChI is InChI=1S/C15H16N6O2/c1-2-21-14-13(18-19-21)15(23)20(10-17-14)9-12(22)16-8-11-6-4-3-5-7-11/h3-7,10H,2,8-9H2,1H3,(H,16,22). The zero-order valence-corrected chi connectivity index (χ0v) is 12.6. The Labute approximate surface area is 131 Å². The van der Waals surface area contributed by atoms with E-state index in [1.54, 1.807) is 0 Å². The van der Waals surface area contributed by atoms with Gasteiger partial charge in [0.25, 0.3) is 5.56 Å². The summed E-state index contributed by atoms with van der Waals surface area (Å²) in [6.07, 6.45) is 1.35. The Bertz CT molecular complexity index is 884. The van der Waals surface area contributed by atoms with Crippen LogP contribution in [0.4, 0.5) is 0 Å². The van der Waals surface area contributed by atoms with E-state index in [1.165, 1.54) is 15.6 Å². The van der Waals surface area contributed by atoms with Gasteiger partial charge in [0.15, 0.2) is 11.2 Å². The fourth-order valence-corrected chi connectivity index (χ4v) is 2.22. The van der Waals surface area contributed by atoms with Crippen LogP contribution in [0.15, 0.2) is 41.5 Å². The Morgan fingerprint density at radius 2 is 2.04 bits per heavy atom. The molecule has 0 fully saturated rings. The third kappa shape index (κ3) is 3.10. The first kappa shape index (κ1) is 14.9. The maximum absolute atomic E-state index is 12.3. The molecule has 3 rings (SSSR count). The third-order valence-corrected chi connectivity index (χ3v) is 3.44. The van der Waals surface area contributed by atoms with Crippen molar-refractivity contribution in [3.8, 4) is 0 Å². The number of hydrogen-bond donors (Lipinski definition) is 1. The summed E-state index contributed by atoms with van der Waals surface area (Å²) in [4.78, 5) is 28.5. The largest absolute Gasteiger partial charge is 0.350 e. The molecule has 0 saturated carbocycles. The number of carbonyl (C=O) groups is 1. The summed E-state index contributed by atoms with van der Waals surface area (Å²) in [5, 5.41) is 10.5. The minimum atomic E-state index is -0.371. The predicted molar refractivity (Wildman–Crippen MR) is 83.5 cm³/mol. The van der Waals surface area contributed by atoms with Gasteiger partial charge in [0.2, 0.25) is 5.91 Å². The van der Waals surface area contributed by atoms with Gasteiger partial charge < -0.3 is 5.32 Å². The summed E-state index contributed by atoms with van der Waals surface area (Å²) in [6.45, 7) is 2.77. The van der Waals surface area contributed by atoms with E-state index in [1.807, 2.05) is 37.3 Å². The lowest BCUT2D eigenvalue weighted by Gasteiger charge is -2.07. The van der Waals surface area contributed by atoms with E-state index in [4.69, 9.17) is 0 Å². The first-order valence-electron chi connectivity index (χ1n) is 7.28. The average molecular weight is 312 g/mol. The smallest absolute Gasteiger partial charge is 0.283 e. The number of nitrogens with one attached hydrogen (secondary N) is 1. The van der Waals surface area contributed by atoms with Crippen molar-refractivity contribution in [3.05, 3.63) is 52.6 Å². The molecule has 118 valence electrons. The van der Waals surface area contributed by atoms with Crippen LogP contribution in [0.25, 0.3) is 11.2 Å². The van der Waals surface area contributed by atoms with Crippen LogP contribution >= 0.6 is 0 Å². The van der Waals surface area contributed by atoms with Gasteiger partial charge >= 0.3 is 0 Å². The first-order chi connectivity index (χ1) is 11.2. The normalized spacial score (nSPS) is 10.8. The lowest BCUT2D eigenvalue weighted by Crippen LogP contribution is -2.32. The zero-order valence-electron chi connectivity index (χ0n) is 12.6. The first-order valence-corrected chi connectivity index (χ1v) is 7.28. The molecular weight excluding hydrogens is 296 g/mol. The van der Waals surface area contributed by atoms with Gasteiger partial charge in [-0.1, -0.05) is 35.5 Å². The molecule has 2 aromatic heterocycles. The average Bonchev–Trinajstić information content (AvgIpc) is 3.00. The Morgan fingerprint density at radius 3 is 2.78 bits per heavy atom. The highest BCUT2D eigenvalue weighted by Crippen LogP contribution is 2.02. The minimum absolute atomic E-state index is 0.104. The van der Waals surface area contributed by atoms with E-state index in [9.17, 15) is 9.59 Å². The molecule has 0 aliphatic carbocycles. The second-order valence-corrected chi connectivity index (χ2v) is 5.02. The summed E-state index contributed by atoms with van der Waals surface area (Å²) >= 11 is 0. The van der Waals surface area contributed by atoms with Gasteiger partial charge in [0, 0.05) is 13.1 Å². The van der Waals surface area contributed by atoms with Gasteiger partial charge in [-0.3, -0.25) is 14.2 Å². The molecule has 0 saturated heterocycles. The van der Waals surface area contributed by atoms with E-state index in [0.717, 1.165) is 5.56 Å². The van der Waals surface area contributed by atoms with Gasteiger partial charge in [-0.2, -0.15) is 0 Å². The molecule has 23 heavy (non-hydrogen) atoms. The summed E-state index contributed by atoms with van der Waals surface area (Å²) in [5.74, 6) is -0.264. The lowest BCUT2D eigenvalue weighted by atomic mass is 10.2. The number of nitrogens with zero attached hydrogens (tertiary/aromatic N) is 5. The molecule has 8 heteroatoms. The van der Waals surface area contributed by atoms with Crippen molar-refractivity contribution in [2.45, 2.75) is 26.6 Å². The van der Waals surface area contributed by atoms with Crippen LogP contribution in [0.3, 0.4) is 0 Å². The van der Waals surface area contributed by atoms with E-state index in [0.29, 0.717) is 18.7 Å². The Morgan fingerprint density at radius 1 is 1.26 bits per heavy atom. The van der Waals surface area contributed by atoms with Gasteiger partial charge in [-0.15, -0.1) is 5.10 Å². The summed E-state index contributed by atoms with van der Waals surface area (Å²) in [6, 6.07) is 9.56. The molecule has 0 aliphatic heterocycles. The molecule has 8 nitrogen and oxygen atoms in total. The van der Waals surface area contributed by atoms with Crippen molar-refractivity contribution in [2.24, 2.45) is 0 Å². The second kappa shape index (κ2) is 6.39. The molecule has 0 atom stereocenters. The highest BCUT2D eigenvalue weighted by molar-refractivity contribution is 5.76. The molecule has 1 N–H and O–H groups in total. The SMILES string of the molecule is CCn1nnc2c(=O)n(CC(=O)NCc3ccccc3)cnc21. The fourth-order valence-electron chi connectivity index (χ4n) is 2.22. The molecule has 0 bridgehead atoms. The number of benzene rings is 1. The van der Waals surface area contributed by atoms with Crippen LogP contribution in [-0.4, -0.2) is 30.5 Å². The van der Waals surface area contributed by atoms with E-state index >= 15 is 0 Å². The van der Waals surface area contributed by atoms with Crippen LogP contribution in [0.2, 0.25) is 0 Å². The van der Waals surface area contributed by atoms with Crippen LogP contribution in [0.1, 0.15) is 12.5 Å². The van der Waals surface area contributed by atoms with Gasteiger partial charge in [0.05, 0.1) is 0 Å². The van der Waals surface area contributed by atoms with Crippen molar-refractivity contribution in [2.75, 3.05) is 0 Å². The van der Waals surface area contributed by atoms with Crippen LogP contribution in [0.5, 0.6) is 0 Å². The number of hydrogen-bond acceptors (Lipinski definition) is 5. The quantitative estimate of drug-likeness (QED) is 0.732. The number of carbonyl (C=O) groups excluding carboxylic acids is 1. The van der Waals surface area contributed by atoms with Crippen molar-refractivity contribution in [3.63, 3.8) is 0 Å². The van der Waals surface area contributed by atoms with Gasteiger partial charge in [0.1, 0.15) is 12.9 Å². The lowest BCUT2D eigenvalue weighted by molar-refractivity contribution is -0.121. The molecule has 0 aliphatic rings. The Kier molecular flexibility index (Phi) is 4.13. The highest BCUT2D eigenvalue weighted by atomic mass is 16.2. The number of aryl methyl sites for hydroxylation is 1. The highest BCUT2D eigenvalue weighted by Gasteiger charge is 2.12.